The Labute approximate surface area is 120 Å². The lowest BCUT2D eigenvalue weighted by Gasteiger charge is -2.34. The highest BCUT2D eigenvalue weighted by Crippen LogP contribution is 2.41. The van der Waals surface area contributed by atoms with Gasteiger partial charge in [-0.3, -0.25) is 0 Å². The summed E-state index contributed by atoms with van der Waals surface area (Å²) in [4.78, 5) is 0. The van der Waals surface area contributed by atoms with E-state index in [-0.39, 0.29) is 0 Å². The summed E-state index contributed by atoms with van der Waals surface area (Å²) in [6.45, 7) is 14.2. The summed E-state index contributed by atoms with van der Waals surface area (Å²) in [7, 11) is 0. The third-order valence-corrected chi connectivity index (χ3v) is 3.66. The Morgan fingerprint density at radius 2 is 1.47 bits per heavy atom. The van der Waals surface area contributed by atoms with Gasteiger partial charge in [-0.25, -0.2) is 0 Å². The highest BCUT2D eigenvalue weighted by molar-refractivity contribution is 5.25. The number of hydrogen-bond acceptors (Lipinski definition) is 0. The molecule has 19 heavy (non-hydrogen) atoms. The third-order valence-electron chi connectivity index (χ3n) is 3.66. The summed E-state index contributed by atoms with van der Waals surface area (Å²) in [6, 6.07) is 0. The van der Waals surface area contributed by atoms with E-state index in [4.69, 9.17) is 0 Å². The summed E-state index contributed by atoms with van der Waals surface area (Å²) < 4.78 is 0. The van der Waals surface area contributed by atoms with Gasteiger partial charge in [-0.15, -0.1) is 0 Å². The van der Waals surface area contributed by atoms with Crippen LogP contribution in [0, 0.1) is 5.41 Å². The Morgan fingerprint density at radius 1 is 0.947 bits per heavy atom. The first-order chi connectivity index (χ1) is 9.10. The van der Waals surface area contributed by atoms with E-state index in [1.807, 2.05) is 50.3 Å². The van der Waals surface area contributed by atoms with Crippen molar-refractivity contribution in [3.63, 3.8) is 0 Å². The van der Waals surface area contributed by atoms with Crippen molar-refractivity contribution in [3.05, 3.63) is 61.3 Å². The van der Waals surface area contributed by atoms with Crippen LogP contribution >= 0.6 is 0 Å². The highest BCUT2D eigenvalue weighted by atomic mass is 14.3. The summed E-state index contributed by atoms with van der Waals surface area (Å²) in [5, 5.41) is 0. The van der Waals surface area contributed by atoms with Crippen LogP contribution in [-0.4, -0.2) is 0 Å². The van der Waals surface area contributed by atoms with Crippen molar-refractivity contribution in [2.45, 2.75) is 52.9 Å². The fraction of sp³-hybridized carbons (Fsp3) is 0.474. The van der Waals surface area contributed by atoms with Crippen LogP contribution < -0.4 is 0 Å². The standard InChI is InChI=1S/C13H20.C6H10/c1-4-5-9-12(2)13(3)10-7-6-8-11-13;1-3-5-6-4-2/h4-5,9H,1-2,6-8,10-11H2,3H3;3-6H,1-2H3/b9-5-;5-3-,6-4-. The van der Waals surface area contributed by atoms with Crippen LogP contribution in [0.4, 0.5) is 0 Å². The predicted molar refractivity (Wildman–Crippen MR) is 89.3 cm³/mol. The zero-order valence-corrected chi connectivity index (χ0v) is 13.0. The van der Waals surface area contributed by atoms with Crippen LogP contribution in [0.3, 0.4) is 0 Å². The molecule has 106 valence electrons. The van der Waals surface area contributed by atoms with E-state index in [2.05, 4.69) is 26.2 Å². The second-order valence-corrected chi connectivity index (χ2v) is 5.29. The van der Waals surface area contributed by atoms with Crippen molar-refractivity contribution >= 4 is 0 Å². The van der Waals surface area contributed by atoms with Gasteiger partial charge in [0.05, 0.1) is 0 Å². The van der Waals surface area contributed by atoms with Gasteiger partial charge in [0.15, 0.2) is 0 Å². The second kappa shape index (κ2) is 10.6. The van der Waals surface area contributed by atoms with Crippen LogP contribution in [0.25, 0.3) is 0 Å². The molecule has 0 N–H and O–H groups in total. The zero-order valence-electron chi connectivity index (χ0n) is 13.0. The average molecular weight is 258 g/mol. The summed E-state index contributed by atoms with van der Waals surface area (Å²) in [5.74, 6) is 0. The second-order valence-electron chi connectivity index (χ2n) is 5.29. The Kier molecular flexibility index (Phi) is 9.88. The molecule has 0 saturated heterocycles. The lowest BCUT2D eigenvalue weighted by atomic mass is 9.71. The van der Waals surface area contributed by atoms with E-state index in [9.17, 15) is 0 Å². The summed E-state index contributed by atoms with van der Waals surface area (Å²) in [6.07, 6.45) is 20.6. The van der Waals surface area contributed by atoms with E-state index < -0.39 is 0 Å². The van der Waals surface area contributed by atoms with Crippen molar-refractivity contribution in [1.82, 2.24) is 0 Å². The largest absolute Gasteiger partial charge is 0.0991 e. The summed E-state index contributed by atoms with van der Waals surface area (Å²) >= 11 is 0. The van der Waals surface area contributed by atoms with E-state index in [1.165, 1.54) is 37.7 Å². The Bertz CT molecular complexity index is 323. The van der Waals surface area contributed by atoms with Crippen molar-refractivity contribution < 1.29 is 0 Å². The molecule has 0 spiro atoms. The monoisotopic (exact) mass is 258 g/mol. The molecule has 0 aromatic carbocycles. The molecule has 1 fully saturated rings. The van der Waals surface area contributed by atoms with Crippen LogP contribution in [0.2, 0.25) is 0 Å². The molecule has 1 saturated carbocycles. The molecule has 0 aromatic heterocycles. The van der Waals surface area contributed by atoms with E-state index in [0.29, 0.717) is 5.41 Å². The first kappa shape index (κ1) is 17.7. The first-order valence-electron chi connectivity index (χ1n) is 7.33. The maximum atomic E-state index is 4.15. The van der Waals surface area contributed by atoms with Gasteiger partial charge in [-0.2, -0.15) is 0 Å². The maximum absolute atomic E-state index is 4.15. The molecule has 0 aromatic rings. The van der Waals surface area contributed by atoms with E-state index >= 15 is 0 Å². The lowest BCUT2D eigenvalue weighted by molar-refractivity contribution is 0.274. The number of hydrogen-bond donors (Lipinski definition) is 0. The molecule has 0 nitrogen and oxygen atoms in total. The molecule has 0 aliphatic heterocycles. The van der Waals surface area contributed by atoms with Gasteiger partial charge >= 0.3 is 0 Å². The molecule has 0 amide bonds. The first-order valence-corrected chi connectivity index (χ1v) is 7.33. The molecule has 1 aliphatic carbocycles. The van der Waals surface area contributed by atoms with E-state index in [1.54, 1.807) is 0 Å². The SMILES string of the molecule is C/C=C\C=C/C.C=C/C=C\C(=C)C1(C)CCCCC1. The molecule has 0 radical (unpaired) electrons. The van der Waals surface area contributed by atoms with Crippen molar-refractivity contribution in [3.8, 4) is 0 Å². The Balaban J connectivity index is 0.000000459. The van der Waals surface area contributed by atoms with Crippen molar-refractivity contribution in [2.75, 3.05) is 0 Å². The van der Waals surface area contributed by atoms with Gasteiger partial charge < -0.3 is 0 Å². The number of allylic oxidation sites excluding steroid dienone is 8. The fourth-order valence-corrected chi connectivity index (χ4v) is 2.26. The lowest BCUT2D eigenvalue weighted by Crippen LogP contribution is -2.21. The molecule has 0 atom stereocenters. The van der Waals surface area contributed by atoms with Crippen LogP contribution in [-0.2, 0) is 0 Å². The topological polar surface area (TPSA) is 0 Å². The van der Waals surface area contributed by atoms with Gasteiger partial charge in [0, 0.05) is 0 Å². The van der Waals surface area contributed by atoms with Crippen LogP contribution in [0.5, 0.6) is 0 Å². The molecule has 1 rings (SSSR count). The fourth-order valence-electron chi connectivity index (χ4n) is 2.26. The molecule has 0 unspecified atom stereocenters. The van der Waals surface area contributed by atoms with Gasteiger partial charge in [0.2, 0.25) is 0 Å². The van der Waals surface area contributed by atoms with Gasteiger partial charge in [-0.1, -0.05) is 81.9 Å². The van der Waals surface area contributed by atoms with Crippen LogP contribution in [0.15, 0.2) is 61.3 Å². The molecular formula is C19H30. The van der Waals surface area contributed by atoms with E-state index in [0.717, 1.165) is 0 Å². The van der Waals surface area contributed by atoms with Crippen LogP contribution in [0.1, 0.15) is 52.9 Å². The Morgan fingerprint density at radius 3 is 1.89 bits per heavy atom. The zero-order chi connectivity index (χ0) is 14.6. The normalized spacial score (nSPS) is 18.5. The van der Waals surface area contributed by atoms with Gasteiger partial charge in [0.25, 0.3) is 0 Å². The predicted octanol–water partition coefficient (Wildman–Crippen LogP) is 6.39. The number of rotatable bonds is 4. The Hall–Kier alpha value is -1.30. The van der Waals surface area contributed by atoms with Crippen molar-refractivity contribution in [1.29, 1.82) is 0 Å². The molecular weight excluding hydrogens is 228 g/mol. The molecule has 0 heteroatoms. The minimum Gasteiger partial charge on any atom is -0.0991 e. The quantitative estimate of drug-likeness (QED) is 0.512. The molecule has 0 heterocycles. The minimum absolute atomic E-state index is 0.359. The third kappa shape index (κ3) is 7.66. The average Bonchev–Trinajstić information content (AvgIpc) is 2.44. The van der Waals surface area contributed by atoms with Crippen molar-refractivity contribution in [2.24, 2.45) is 5.41 Å². The van der Waals surface area contributed by atoms with Gasteiger partial charge in [-0.05, 0) is 37.7 Å². The van der Waals surface area contributed by atoms with Gasteiger partial charge in [0.1, 0.15) is 0 Å². The summed E-state index contributed by atoms with van der Waals surface area (Å²) in [5.41, 5.74) is 1.63. The molecule has 0 bridgehead atoms. The molecule has 1 aliphatic rings. The maximum Gasteiger partial charge on any atom is -0.00811 e. The highest BCUT2D eigenvalue weighted by Gasteiger charge is 2.27. The smallest absolute Gasteiger partial charge is 0.00811 e. The minimum atomic E-state index is 0.359.